The molecule has 0 saturated heterocycles. The number of hydrogen-bond acceptors (Lipinski definition) is 4. The number of nitrogens with zero attached hydrogens (tertiary/aromatic N) is 3. The van der Waals surface area contributed by atoms with Gasteiger partial charge in [-0.3, -0.25) is 0 Å². The number of fused-ring (bicyclic) bond motifs is 2. The molecule has 1 aliphatic rings. The highest BCUT2D eigenvalue weighted by Gasteiger charge is 2.32. The van der Waals surface area contributed by atoms with Crippen LogP contribution in [0, 0.1) is 6.57 Å². The van der Waals surface area contributed by atoms with Crippen molar-refractivity contribution >= 4 is 50.7 Å². The monoisotopic (exact) mass is 371 g/mol. The maximum atomic E-state index is 7.43. The first-order valence-electron chi connectivity index (χ1n) is 8.10. The van der Waals surface area contributed by atoms with Gasteiger partial charge in [-0.2, -0.15) is 0 Å². The summed E-state index contributed by atoms with van der Waals surface area (Å²) in [7, 11) is 0. The Balaban J connectivity index is 1.94. The molecule has 0 saturated carbocycles. The van der Waals surface area contributed by atoms with Gasteiger partial charge in [0.25, 0.3) is 0 Å². The number of rotatable bonds is 4. The van der Waals surface area contributed by atoms with Crippen LogP contribution < -0.4 is 0 Å². The Hall–Kier alpha value is -3.53. The van der Waals surface area contributed by atoms with Gasteiger partial charge in [0.15, 0.2) is 4.99 Å². The number of amidine groups is 1. The Morgan fingerprint density at radius 2 is 1.70 bits per heavy atom. The Labute approximate surface area is 161 Å². The lowest BCUT2D eigenvalue weighted by Gasteiger charge is -2.10. The average molecular weight is 371 g/mol. The highest BCUT2D eigenvalue weighted by Crippen LogP contribution is 2.32. The molecule has 1 aliphatic heterocycles. The van der Waals surface area contributed by atoms with Crippen molar-refractivity contribution in [1.29, 1.82) is 0 Å². The molecule has 0 atom stereocenters. The summed E-state index contributed by atoms with van der Waals surface area (Å²) in [6.45, 7) is 10.8. The SMILES string of the molecule is [C-]#[N+]C1=NN(OOC=C)C(=S)/C1=C\c1c2ccccc2cc2ccccc12. The highest BCUT2D eigenvalue weighted by molar-refractivity contribution is 7.80. The van der Waals surface area contributed by atoms with E-state index >= 15 is 0 Å². The normalized spacial score (nSPS) is 15.2. The lowest BCUT2D eigenvalue weighted by Crippen LogP contribution is -2.20. The molecule has 0 radical (unpaired) electrons. The quantitative estimate of drug-likeness (QED) is 0.119. The minimum Gasteiger partial charge on any atom is -0.358 e. The van der Waals surface area contributed by atoms with Crippen LogP contribution in [0.4, 0.5) is 0 Å². The number of benzene rings is 3. The van der Waals surface area contributed by atoms with E-state index in [-0.39, 0.29) is 10.8 Å². The molecule has 1 heterocycles. The van der Waals surface area contributed by atoms with E-state index in [1.165, 1.54) is 0 Å². The second kappa shape index (κ2) is 7.00. The maximum absolute atomic E-state index is 7.43. The van der Waals surface area contributed by atoms with Crippen molar-refractivity contribution in [3.8, 4) is 0 Å². The molecule has 0 amide bonds. The predicted octanol–water partition coefficient (Wildman–Crippen LogP) is 5.26. The van der Waals surface area contributed by atoms with E-state index in [4.69, 9.17) is 23.8 Å². The summed E-state index contributed by atoms with van der Waals surface area (Å²) in [6, 6.07) is 18.4. The third-order valence-electron chi connectivity index (χ3n) is 4.22. The molecule has 0 N–H and O–H groups in total. The minimum atomic E-state index is 0.143. The van der Waals surface area contributed by atoms with Crippen molar-refractivity contribution in [1.82, 2.24) is 5.17 Å². The molecule has 130 valence electrons. The maximum Gasteiger partial charge on any atom is 0.307 e. The summed E-state index contributed by atoms with van der Waals surface area (Å²) >= 11 is 5.42. The third kappa shape index (κ3) is 2.95. The van der Waals surface area contributed by atoms with Crippen LogP contribution in [0.3, 0.4) is 0 Å². The van der Waals surface area contributed by atoms with E-state index in [1.807, 2.05) is 30.3 Å². The molecule has 0 aliphatic carbocycles. The van der Waals surface area contributed by atoms with E-state index in [9.17, 15) is 0 Å². The molecule has 0 fully saturated rings. The standard InChI is InChI=1S/C21H13N3O2S/c1-3-25-26-24-21(27)19(20(22-2)23-24)13-18-16-10-6-4-8-14(16)12-15-9-5-7-11-17(15)18/h3-13H,1H2/b19-13-. The van der Waals surface area contributed by atoms with Gasteiger partial charge in [0.2, 0.25) is 0 Å². The average Bonchev–Trinajstić information content (AvgIpc) is 3.01. The molecular weight excluding hydrogens is 358 g/mol. The minimum absolute atomic E-state index is 0.143. The highest BCUT2D eigenvalue weighted by atomic mass is 32.1. The van der Waals surface area contributed by atoms with Crippen LogP contribution in [0.2, 0.25) is 0 Å². The Morgan fingerprint density at radius 1 is 1.07 bits per heavy atom. The molecule has 5 nitrogen and oxygen atoms in total. The van der Waals surface area contributed by atoms with Gasteiger partial charge < -0.3 is 9.73 Å². The topological polar surface area (TPSA) is 38.4 Å². The molecule has 0 aromatic heterocycles. The van der Waals surface area contributed by atoms with Gasteiger partial charge in [-0.15, -0.1) is 0 Å². The van der Waals surface area contributed by atoms with Gasteiger partial charge in [0, 0.05) is 10.7 Å². The fourth-order valence-corrected chi connectivity index (χ4v) is 3.28. The first kappa shape index (κ1) is 16.9. The van der Waals surface area contributed by atoms with Crippen molar-refractivity contribution in [2.75, 3.05) is 0 Å². The van der Waals surface area contributed by atoms with Crippen LogP contribution >= 0.6 is 12.2 Å². The summed E-state index contributed by atoms with van der Waals surface area (Å²) < 4.78 is 0. The molecule has 0 unspecified atom stereocenters. The van der Waals surface area contributed by atoms with E-state index < -0.39 is 0 Å². The van der Waals surface area contributed by atoms with Gasteiger partial charge in [-0.05, 0) is 43.3 Å². The largest absolute Gasteiger partial charge is 0.358 e. The molecule has 3 aromatic carbocycles. The summed E-state index contributed by atoms with van der Waals surface area (Å²) in [5, 5.41) is 9.41. The summed E-state index contributed by atoms with van der Waals surface area (Å²) in [5.41, 5.74) is 1.48. The third-order valence-corrected chi connectivity index (χ3v) is 4.60. The molecule has 3 aromatic rings. The van der Waals surface area contributed by atoms with E-state index in [0.717, 1.165) is 38.5 Å². The summed E-state index contributed by atoms with van der Waals surface area (Å²) in [5.74, 6) is 0.143. The lowest BCUT2D eigenvalue weighted by molar-refractivity contribution is -0.367. The van der Waals surface area contributed by atoms with Gasteiger partial charge in [0.1, 0.15) is 6.26 Å². The zero-order valence-corrected chi connectivity index (χ0v) is 14.9. The van der Waals surface area contributed by atoms with Gasteiger partial charge >= 0.3 is 5.84 Å². The van der Waals surface area contributed by atoms with E-state index in [0.29, 0.717) is 5.57 Å². The number of hydrazone groups is 1. The van der Waals surface area contributed by atoms with Crippen LogP contribution in [0.1, 0.15) is 5.56 Å². The summed E-state index contributed by atoms with van der Waals surface area (Å²) in [6.07, 6.45) is 3.00. The molecule has 6 heteroatoms. The second-order valence-electron chi connectivity index (χ2n) is 5.74. The van der Waals surface area contributed by atoms with Crippen molar-refractivity contribution in [2.24, 2.45) is 5.10 Å². The molecular formula is C21H13N3O2S. The van der Waals surface area contributed by atoms with E-state index in [1.54, 1.807) is 0 Å². The molecule has 4 rings (SSSR count). The van der Waals surface area contributed by atoms with Gasteiger partial charge in [0.05, 0.1) is 0 Å². The van der Waals surface area contributed by atoms with Crippen molar-refractivity contribution in [2.45, 2.75) is 0 Å². The van der Waals surface area contributed by atoms with E-state index in [2.05, 4.69) is 51.7 Å². The van der Waals surface area contributed by atoms with Crippen LogP contribution in [0.5, 0.6) is 0 Å². The Bertz CT molecular complexity index is 1140. The fourth-order valence-electron chi connectivity index (χ4n) is 3.06. The van der Waals surface area contributed by atoms with Crippen LogP contribution in [-0.4, -0.2) is 16.0 Å². The molecule has 0 spiro atoms. The smallest absolute Gasteiger partial charge is 0.307 e. The first-order valence-corrected chi connectivity index (χ1v) is 8.51. The lowest BCUT2D eigenvalue weighted by atomic mass is 9.95. The van der Waals surface area contributed by atoms with Crippen LogP contribution in [-0.2, 0) is 9.88 Å². The number of hydrogen-bond donors (Lipinski definition) is 0. The first-order chi connectivity index (χ1) is 13.2. The Kier molecular flexibility index (Phi) is 4.38. The van der Waals surface area contributed by atoms with Gasteiger partial charge in [-0.1, -0.05) is 80.0 Å². The molecule has 27 heavy (non-hydrogen) atoms. The van der Waals surface area contributed by atoms with Crippen molar-refractivity contribution < 1.29 is 9.88 Å². The van der Waals surface area contributed by atoms with Crippen LogP contribution in [0.25, 0.3) is 32.5 Å². The zero-order valence-electron chi connectivity index (χ0n) is 14.1. The number of thiocarbonyl (C=S) groups is 1. The van der Waals surface area contributed by atoms with Crippen molar-refractivity contribution in [3.05, 3.63) is 90.0 Å². The molecule has 0 bridgehead atoms. The van der Waals surface area contributed by atoms with Gasteiger partial charge in [-0.25, -0.2) is 0 Å². The van der Waals surface area contributed by atoms with Crippen molar-refractivity contribution in [3.63, 3.8) is 0 Å². The Morgan fingerprint density at radius 3 is 2.30 bits per heavy atom. The fraction of sp³-hybridized carbons (Fsp3) is 0. The predicted molar refractivity (Wildman–Crippen MR) is 110 cm³/mol. The second-order valence-corrected chi connectivity index (χ2v) is 6.13. The number of hydroxylamine groups is 1. The summed E-state index contributed by atoms with van der Waals surface area (Å²) in [4.78, 5) is 13.4. The zero-order chi connectivity index (χ0) is 18.8. The van der Waals surface area contributed by atoms with Crippen LogP contribution in [0.15, 0.2) is 78.1 Å².